The molecule has 1 rings (SSSR count). The van der Waals surface area contributed by atoms with Gasteiger partial charge in [-0.25, -0.2) is 4.98 Å². The molecule has 0 fully saturated rings. The van der Waals surface area contributed by atoms with Crippen LogP contribution in [0.25, 0.3) is 0 Å². The number of hydrogen-bond acceptors (Lipinski definition) is 4. The van der Waals surface area contributed by atoms with Crippen LogP contribution in [-0.4, -0.2) is 47.6 Å². The Kier molecular flexibility index (Phi) is 6.59. The average Bonchev–Trinajstić information content (AvgIpc) is 2.43. The molecule has 1 heterocycles. The maximum atomic E-state index is 12.4. The normalized spacial score (nSPS) is 10.3. The van der Waals surface area contributed by atoms with Crippen LogP contribution < -0.4 is 5.32 Å². The van der Waals surface area contributed by atoms with Crippen molar-refractivity contribution in [1.82, 2.24) is 9.88 Å². The van der Waals surface area contributed by atoms with Crippen molar-refractivity contribution in [1.29, 1.82) is 0 Å². The van der Waals surface area contributed by atoms with Crippen molar-refractivity contribution in [2.75, 3.05) is 32.1 Å². The van der Waals surface area contributed by atoms with Gasteiger partial charge in [0.25, 0.3) is 5.91 Å². The van der Waals surface area contributed by atoms with E-state index < -0.39 is 0 Å². The first kappa shape index (κ1) is 15.7. The SMILES string of the molecule is CCCCN(CCO)C(=O)c1cc(NC)ncc1Cl. The number of hydrogen-bond donors (Lipinski definition) is 2. The first-order valence-corrected chi connectivity index (χ1v) is 6.75. The zero-order chi connectivity index (χ0) is 14.3. The van der Waals surface area contributed by atoms with Gasteiger partial charge in [0.15, 0.2) is 0 Å². The van der Waals surface area contributed by atoms with Gasteiger partial charge in [-0.05, 0) is 12.5 Å². The summed E-state index contributed by atoms with van der Waals surface area (Å²) in [6.45, 7) is 2.92. The molecule has 0 spiro atoms. The molecule has 0 saturated heterocycles. The Morgan fingerprint density at radius 1 is 1.53 bits per heavy atom. The third-order valence-corrected chi connectivity index (χ3v) is 3.08. The number of anilines is 1. The van der Waals surface area contributed by atoms with E-state index in [1.54, 1.807) is 18.0 Å². The van der Waals surface area contributed by atoms with Gasteiger partial charge in [0, 0.05) is 26.3 Å². The highest BCUT2D eigenvalue weighted by molar-refractivity contribution is 6.33. The number of carbonyl (C=O) groups excluding carboxylic acids is 1. The van der Waals surface area contributed by atoms with Gasteiger partial charge in [0.1, 0.15) is 5.82 Å². The summed E-state index contributed by atoms with van der Waals surface area (Å²) in [7, 11) is 1.73. The van der Waals surface area contributed by atoms with Crippen molar-refractivity contribution in [2.24, 2.45) is 0 Å². The van der Waals surface area contributed by atoms with Crippen LogP contribution in [0.5, 0.6) is 0 Å². The van der Waals surface area contributed by atoms with Crippen LogP contribution in [0.4, 0.5) is 5.82 Å². The molecule has 6 heteroatoms. The Bertz CT molecular complexity index is 426. The molecule has 2 N–H and O–H groups in total. The summed E-state index contributed by atoms with van der Waals surface area (Å²) in [5.74, 6) is 0.415. The average molecular weight is 286 g/mol. The number of carbonyl (C=O) groups is 1. The third kappa shape index (κ3) is 4.36. The Labute approximate surface area is 118 Å². The Balaban J connectivity index is 2.94. The van der Waals surface area contributed by atoms with E-state index in [1.807, 2.05) is 0 Å². The van der Waals surface area contributed by atoms with E-state index in [2.05, 4.69) is 17.2 Å². The largest absolute Gasteiger partial charge is 0.395 e. The van der Waals surface area contributed by atoms with Crippen molar-refractivity contribution in [3.05, 3.63) is 22.8 Å². The molecular formula is C13H20ClN3O2. The fourth-order valence-corrected chi connectivity index (χ4v) is 1.88. The molecule has 1 amide bonds. The van der Waals surface area contributed by atoms with E-state index in [1.165, 1.54) is 6.20 Å². The summed E-state index contributed by atoms with van der Waals surface area (Å²) in [6, 6.07) is 1.63. The van der Waals surface area contributed by atoms with Gasteiger partial charge in [0.05, 0.1) is 17.2 Å². The van der Waals surface area contributed by atoms with Crippen LogP contribution in [0.1, 0.15) is 30.1 Å². The van der Waals surface area contributed by atoms with Crippen molar-refractivity contribution < 1.29 is 9.90 Å². The first-order valence-electron chi connectivity index (χ1n) is 6.37. The Morgan fingerprint density at radius 2 is 2.26 bits per heavy atom. The number of rotatable bonds is 7. The molecular weight excluding hydrogens is 266 g/mol. The molecule has 0 aliphatic rings. The first-order chi connectivity index (χ1) is 9.13. The Hall–Kier alpha value is -1.33. The number of halogens is 1. The zero-order valence-electron chi connectivity index (χ0n) is 11.3. The molecule has 0 aromatic carbocycles. The lowest BCUT2D eigenvalue weighted by Gasteiger charge is -2.22. The molecule has 1 aromatic heterocycles. The zero-order valence-corrected chi connectivity index (χ0v) is 12.1. The van der Waals surface area contributed by atoms with Crippen LogP contribution in [0, 0.1) is 0 Å². The molecule has 19 heavy (non-hydrogen) atoms. The number of nitrogens with one attached hydrogen (secondary N) is 1. The highest BCUT2D eigenvalue weighted by atomic mass is 35.5. The van der Waals surface area contributed by atoms with Gasteiger partial charge < -0.3 is 15.3 Å². The standard InChI is InChI=1S/C13H20ClN3O2/c1-3-4-5-17(6-7-18)13(19)10-8-12(15-2)16-9-11(10)14/h8-9,18H,3-7H2,1-2H3,(H,15,16). The number of aliphatic hydroxyl groups excluding tert-OH is 1. The molecule has 106 valence electrons. The number of amides is 1. The summed E-state index contributed by atoms with van der Waals surface area (Å²) in [5, 5.41) is 12.2. The van der Waals surface area contributed by atoms with Gasteiger partial charge >= 0.3 is 0 Å². The molecule has 0 atom stereocenters. The highest BCUT2D eigenvalue weighted by Gasteiger charge is 2.18. The van der Waals surface area contributed by atoms with Crippen LogP contribution >= 0.6 is 11.6 Å². The molecule has 0 aliphatic heterocycles. The van der Waals surface area contributed by atoms with Gasteiger partial charge in [-0.1, -0.05) is 24.9 Å². The predicted octanol–water partition coefficient (Wildman–Crippen LogP) is 2.01. The van der Waals surface area contributed by atoms with Crippen LogP contribution in [0.2, 0.25) is 5.02 Å². The number of unbranched alkanes of at least 4 members (excludes halogenated alkanes) is 1. The minimum Gasteiger partial charge on any atom is -0.395 e. The monoisotopic (exact) mass is 285 g/mol. The van der Waals surface area contributed by atoms with E-state index in [9.17, 15) is 4.79 Å². The van der Waals surface area contributed by atoms with Crippen molar-refractivity contribution in [2.45, 2.75) is 19.8 Å². The lowest BCUT2D eigenvalue weighted by Crippen LogP contribution is -2.34. The summed E-state index contributed by atoms with van der Waals surface area (Å²) >= 11 is 6.03. The quantitative estimate of drug-likeness (QED) is 0.804. The van der Waals surface area contributed by atoms with E-state index in [4.69, 9.17) is 16.7 Å². The van der Waals surface area contributed by atoms with Crippen molar-refractivity contribution in [3.63, 3.8) is 0 Å². The van der Waals surface area contributed by atoms with Crippen molar-refractivity contribution in [3.8, 4) is 0 Å². The minimum absolute atomic E-state index is 0.0585. The molecule has 0 radical (unpaired) electrons. The molecule has 1 aromatic rings. The van der Waals surface area contributed by atoms with E-state index in [0.717, 1.165) is 12.8 Å². The van der Waals surface area contributed by atoms with Crippen LogP contribution in [-0.2, 0) is 0 Å². The van der Waals surface area contributed by atoms with E-state index >= 15 is 0 Å². The molecule has 0 unspecified atom stereocenters. The van der Waals surface area contributed by atoms with Gasteiger partial charge in [0.2, 0.25) is 0 Å². The maximum absolute atomic E-state index is 12.4. The fraction of sp³-hybridized carbons (Fsp3) is 0.538. The second-order valence-electron chi connectivity index (χ2n) is 4.17. The predicted molar refractivity (Wildman–Crippen MR) is 76.7 cm³/mol. The topological polar surface area (TPSA) is 65.5 Å². The van der Waals surface area contributed by atoms with Gasteiger partial charge in [-0.3, -0.25) is 4.79 Å². The molecule has 0 bridgehead atoms. The van der Waals surface area contributed by atoms with Crippen LogP contribution in [0.15, 0.2) is 12.3 Å². The number of pyridine rings is 1. The van der Waals surface area contributed by atoms with Crippen molar-refractivity contribution >= 4 is 23.3 Å². The summed E-state index contributed by atoms with van der Waals surface area (Å²) in [6.07, 6.45) is 3.34. The number of aromatic nitrogens is 1. The number of aliphatic hydroxyl groups is 1. The van der Waals surface area contributed by atoms with Gasteiger partial charge in [-0.15, -0.1) is 0 Å². The van der Waals surface area contributed by atoms with Gasteiger partial charge in [-0.2, -0.15) is 0 Å². The second-order valence-corrected chi connectivity index (χ2v) is 4.58. The minimum atomic E-state index is -0.175. The summed E-state index contributed by atoms with van der Waals surface area (Å²) in [4.78, 5) is 18.1. The van der Waals surface area contributed by atoms with Crippen LogP contribution in [0.3, 0.4) is 0 Å². The van der Waals surface area contributed by atoms with E-state index in [-0.39, 0.29) is 12.5 Å². The lowest BCUT2D eigenvalue weighted by atomic mass is 10.2. The molecule has 0 aliphatic carbocycles. The smallest absolute Gasteiger partial charge is 0.255 e. The summed E-state index contributed by atoms with van der Waals surface area (Å²) in [5.41, 5.74) is 0.408. The van der Waals surface area contributed by atoms with E-state index in [0.29, 0.717) is 29.5 Å². The fourth-order valence-electron chi connectivity index (χ4n) is 1.69. The lowest BCUT2D eigenvalue weighted by molar-refractivity contribution is 0.0719. The Morgan fingerprint density at radius 3 is 2.84 bits per heavy atom. The summed E-state index contributed by atoms with van der Waals surface area (Å²) < 4.78 is 0. The second kappa shape index (κ2) is 7.96. The third-order valence-electron chi connectivity index (χ3n) is 2.78. The maximum Gasteiger partial charge on any atom is 0.255 e. The highest BCUT2D eigenvalue weighted by Crippen LogP contribution is 2.20. The molecule has 5 nitrogen and oxygen atoms in total. The molecule has 0 saturated carbocycles. The number of nitrogens with zero attached hydrogens (tertiary/aromatic N) is 2.